The molecular weight excluding hydrogens is 419 g/mol. The van der Waals surface area contributed by atoms with Crippen molar-refractivity contribution in [2.24, 2.45) is 0 Å². The van der Waals surface area contributed by atoms with Crippen LogP contribution in [-0.2, 0) is 6.18 Å². The Kier molecular flexibility index (Phi) is 4.98. The van der Waals surface area contributed by atoms with Gasteiger partial charge in [0.25, 0.3) is 11.8 Å². The molecule has 30 heavy (non-hydrogen) atoms. The van der Waals surface area contributed by atoms with Crippen molar-refractivity contribution in [2.45, 2.75) is 11.6 Å². The molecule has 0 aliphatic carbocycles. The molecule has 1 atom stereocenters. The molecular formula is C19H14F3N5O2S. The van der Waals surface area contributed by atoms with Gasteiger partial charge in [-0.15, -0.1) is 0 Å². The van der Waals surface area contributed by atoms with Gasteiger partial charge >= 0.3 is 6.18 Å². The van der Waals surface area contributed by atoms with Crippen molar-refractivity contribution in [3.8, 4) is 0 Å². The summed E-state index contributed by atoms with van der Waals surface area (Å²) in [5.41, 5.74) is -0.551. The molecule has 11 heteroatoms. The first-order chi connectivity index (χ1) is 14.3. The number of aromatic nitrogens is 3. The van der Waals surface area contributed by atoms with Gasteiger partial charge in [0.05, 0.1) is 23.9 Å². The van der Waals surface area contributed by atoms with E-state index in [0.717, 1.165) is 12.1 Å². The SMILES string of the molecule is O=C(Nc1ccccn1)c1cnn2c1C(=O)N(c1ccc(C(F)(F)F)cc1)C[C@@H]2S. The van der Waals surface area contributed by atoms with E-state index in [9.17, 15) is 22.8 Å². The van der Waals surface area contributed by atoms with Gasteiger partial charge in [0, 0.05) is 11.9 Å². The molecule has 0 spiro atoms. The zero-order valence-electron chi connectivity index (χ0n) is 15.2. The molecule has 0 saturated heterocycles. The Morgan fingerprint density at radius 1 is 1.17 bits per heavy atom. The summed E-state index contributed by atoms with van der Waals surface area (Å²) in [6.07, 6.45) is -1.72. The monoisotopic (exact) mass is 433 g/mol. The van der Waals surface area contributed by atoms with Gasteiger partial charge in [0.2, 0.25) is 0 Å². The minimum absolute atomic E-state index is 0.00502. The van der Waals surface area contributed by atoms with Gasteiger partial charge in [-0.2, -0.15) is 30.9 Å². The number of nitrogens with zero attached hydrogens (tertiary/aromatic N) is 4. The van der Waals surface area contributed by atoms with Gasteiger partial charge in [-0.3, -0.25) is 9.59 Å². The van der Waals surface area contributed by atoms with Crippen molar-refractivity contribution in [1.29, 1.82) is 0 Å². The van der Waals surface area contributed by atoms with Gasteiger partial charge in [0.15, 0.2) is 0 Å². The molecule has 1 N–H and O–H groups in total. The molecule has 2 aromatic heterocycles. The highest BCUT2D eigenvalue weighted by atomic mass is 32.1. The summed E-state index contributed by atoms with van der Waals surface area (Å²) < 4.78 is 39.8. The summed E-state index contributed by atoms with van der Waals surface area (Å²) in [7, 11) is 0. The second-order valence-electron chi connectivity index (χ2n) is 6.46. The topological polar surface area (TPSA) is 80.1 Å². The van der Waals surface area contributed by atoms with Crippen LogP contribution < -0.4 is 10.2 Å². The lowest BCUT2D eigenvalue weighted by Crippen LogP contribution is -2.42. The molecule has 0 unspecified atom stereocenters. The maximum Gasteiger partial charge on any atom is 0.416 e. The summed E-state index contributed by atoms with van der Waals surface area (Å²) in [4.78, 5) is 31.0. The third kappa shape index (κ3) is 3.63. The number of halogens is 3. The molecule has 0 fully saturated rings. The molecule has 0 radical (unpaired) electrons. The summed E-state index contributed by atoms with van der Waals surface area (Å²) in [6, 6.07) is 9.19. The summed E-state index contributed by atoms with van der Waals surface area (Å²) in [5, 5.41) is 6.09. The van der Waals surface area contributed by atoms with Gasteiger partial charge < -0.3 is 10.2 Å². The van der Waals surface area contributed by atoms with Crippen molar-refractivity contribution in [2.75, 3.05) is 16.8 Å². The number of thiol groups is 1. The van der Waals surface area contributed by atoms with Crippen LogP contribution in [0.2, 0.25) is 0 Å². The highest BCUT2D eigenvalue weighted by molar-refractivity contribution is 7.80. The highest BCUT2D eigenvalue weighted by Crippen LogP contribution is 2.33. The van der Waals surface area contributed by atoms with E-state index in [1.807, 2.05) is 0 Å². The Morgan fingerprint density at radius 3 is 2.53 bits per heavy atom. The number of pyridine rings is 1. The van der Waals surface area contributed by atoms with Crippen molar-refractivity contribution in [3.63, 3.8) is 0 Å². The molecule has 1 aliphatic heterocycles. The number of benzene rings is 1. The van der Waals surface area contributed by atoms with Crippen LogP contribution in [-0.4, -0.2) is 33.1 Å². The van der Waals surface area contributed by atoms with Crippen LogP contribution in [0, 0.1) is 0 Å². The third-order valence-corrected chi connectivity index (χ3v) is 4.91. The Bertz CT molecular complexity index is 1100. The fraction of sp³-hybridized carbons (Fsp3) is 0.158. The van der Waals surface area contributed by atoms with Crippen molar-refractivity contribution < 1.29 is 22.8 Å². The maximum atomic E-state index is 13.1. The Balaban J connectivity index is 1.65. The second-order valence-corrected chi connectivity index (χ2v) is 7.06. The Hall–Kier alpha value is -3.34. The van der Waals surface area contributed by atoms with Gasteiger partial charge in [-0.25, -0.2) is 9.67 Å². The average molecular weight is 433 g/mol. The molecule has 4 rings (SSSR count). The summed E-state index contributed by atoms with van der Waals surface area (Å²) >= 11 is 4.42. The number of amides is 2. The predicted molar refractivity (Wildman–Crippen MR) is 106 cm³/mol. The zero-order valence-corrected chi connectivity index (χ0v) is 16.1. The number of anilines is 2. The number of carbonyl (C=O) groups is 2. The van der Waals surface area contributed by atoms with Crippen LogP contribution in [0.1, 0.15) is 31.8 Å². The lowest BCUT2D eigenvalue weighted by molar-refractivity contribution is -0.137. The lowest BCUT2D eigenvalue weighted by atomic mass is 10.1. The first kappa shape index (κ1) is 20.0. The van der Waals surface area contributed by atoms with E-state index >= 15 is 0 Å². The van der Waals surface area contributed by atoms with Gasteiger partial charge in [0.1, 0.15) is 16.9 Å². The second kappa shape index (κ2) is 7.48. The fourth-order valence-corrected chi connectivity index (χ4v) is 3.43. The number of rotatable bonds is 3. The molecule has 154 valence electrons. The number of nitrogens with one attached hydrogen (secondary N) is 1. The molecule has 1 aliphatic rings. The van der Waals surface area contributed by atoms with E-state index in [-0.39, 0.29) is 23.5 Å². The van der Waals surface area contributed by atoms with Crippen LogP contribution in [0.4, 0.5) is 24.7 Å². The molecule has 0 bridgehead atoms. The standard InChI is InChI=1S/C19H14F3N5O2S/c20-19(21,22)11-4-6-12(7-5-11)26-10-15(30)27-16(18(26)29)13(9-24-27)17(28)25-14-3-1-2-8-23-14/h1-9,15,30H,10H2,(H,23,25,28)/t15-/m0/s1. The van der Waals surface area contributed by atoms with E-state index < -0.39 is 28.9 Å². The van der Waals surface area contributed by atoms with E-state index in [0.29, 0.717) is 5.82 Å². The Labute approximate surface area is 173 Å². The molecule has 1 aromatic carbocycles. The lowest BCUT2D eigenvalue weighted by Gasteiger charge is -2.31. The van der Waals surface area contributed by atoms with Crippen molar-refractivity contribution >= 4 is 35.9 Å². The fourth-order valence-electron chi connectivity index (χ4n) is 3.09. The highest BCUT2D eigenvalue weighted by Gasteiger charge is 2.36. The predicted octanol–water partition coefficient (Wildman–Crippen LogP) is 3.64. The first-order valence-electron chi connectivity index (χ1n) is 8.73. The van der Waals surface area contributed by atoms with Crippen LogP contribution in [0.25, 0.3) is 0 Å². The van der Waals surface area contributed by atoms with Crippen LogP contribution >= 0.6 is 12.6 Å². The molecule has 7 nitrogen and oxygen atoms in total. The van der Waals surface area contributed by atoms with Crippen LogP contribution in [0.5, 0.6) is 0 Å². The summed E-state index contributed by atoms with van der Waals surface area (Å²) in [6.45, 7) is 0.0727. The van der Waals surface area contributed by atoms with E-state index in [4.69, 9.17) is 0 Å². The largest absolute Gasteiger partial charge is 0.416 e. The smallest absolute Gasteiger partial charge is 0.306 e. The first-order valence-corrected chi connectivity index (χ1v) is 9.24. The van der Waals surface area contributed by atoms with E-state index in [1.165, 1.54) is 34.1 Å². The maximum absolute atomic E-state index is 13.1. The van der Waals surface area contributed by atoms with Crippen molar-refractivity contribution in [1.82, 2.24) is 14.8 Å². The zero-order chi connectivity index (χ0) is 21.5. The number of hydrogen-bond donors (Lipinski definition) is 2. The van der Waals surface area contributed by atoms with Gasteiger partial charge in [-0.05, 0) is 36.4 Å². The minimum atomic E-state index is -4.48. The van der Waals surface area contributed by atoms with Crippen LogP contribution in [0.3, 0.4) is 0 Å². The number of carbonyl (C=O) groups excluding carboxylic acids is 2. The average Bonchev–Trinajstić information content (AvgIpc) is 3.17. The molecule has 0 saturated carbocycles. The molecule has 3 aromatic rings. The minimum Gasteiger partial charge on any atom is -0.306 e. The van der Waals surface area contributed by atoms with E-state index in [2.05, 4.69) is 28.0 Å². The number of fused-ring (bicyclic) bond motifs is 1. The Morgan fingerprint density at radius 2 is 1.90 bits per heavy atom. The number of alkyl halides is 3. The number of hydrogen-bond acceptors (Lipinski definition) is 5. The summed E-state index contributed by atoms with van der Waals surface area (Å²) in [5.74, 6) is -0.852. The van der Waals surface area contributed by atoms with Crippen molar-refractivity contribution in [3.05, 3.63) is 71.7 Å². The quantitative estimate of drug-likeness (QED) is 0.618. The normalized spacial score (nSPS) is 16.3. The van der Waals surface area contributed by atoms with E-state index in [1.54, 1.807) is 18.2 Å². The third-order valence-electron chi connectivity index (χ3n) is 4.53. The van der Waals surface area contributed by atoms with Gasteiger partial charge in [-0.1, -0.05) is 6.07 Å². The molecule has 3 heterocycles. The van der Waals surface area contributed by atoms with Crippen LogP contribution in [0.15, 0.2) is 54.9 Å². The molecule has 2 amide bonds.